The minimum atomic E-state index is 0. The molecule has 0 bridgehead atoms. The maximum absolute atomic E-state index is 5.72. The molecule has 1 heterocycles. The second-order valence-corrected chi connectivity index (χ2v) is 7.21. The number of nitrogens with one attached hydrogen (secondary N) is 2. The second-order valence-electron chi connectivity index (χ2n) is 7.21. The molecule has 0 unspecified atom stereocenters. The van der Waals surface area contributed by atoms with Crippen LogP contribution in [0.25, 0.3) is 0 Å². The summed E-state index contributed by atoms with van der Waals surface area (Å²) in [6.07, 6.45) is 0.991. The van der Waals surface area contributed by atoms with Gasteiger partial charge in [-0.1, -0.05) is 26.0 Å². The Labute approximate surface area is 186 Å². The number of hydrogen-bond donors (Lipinski definition) is 2. The lowest BCUT2D eigenvalue weighted by atomic mass is 10.2. The van der Waals surface area contributed by atoms with Crippen LogP contribution in [0.2, 0.25) is 0 Å². The fourth-order valence-electron chi connectivity index (χ4n) is 2.71. The van der Waals surface area contributed by atoms with Crippen molar-refractivity contribution < 1.29 is 4.74 Å². The van der Waals surface area contributed by atoms with E-state index >= 15 is 0 Å². The Bertz CT molecular complexity index is 725. The van der Waals surface area contributed by atoms with Crippen LogP contribution >= 0.6 is 24.0 Å². The van der Waals surface area contributed by atoms with E-state index in [-0.39, 0.29) is 24.0 Å². The van der Waals surface area contributed by atoms with Gasteiger partial charge in [-0.15, -0.1) is 24.0 Å². The van der Waals surface area contributed by atoms with E-state index in [9.17, 15) is 0 Å². The SMILES string of the molecule is CN=C(NCCCn1nc(C)cc1C)NCc1ccc(OCC(C)C)cc1.I. The summed E-state index contributed by atoms with van der Waals surface area (Å²) in [5.41, 5.74) is 3.46. The van der Waals surface area contributed by atoms with Gasteiger partial charge in [0.15, 0.2) is 5.96 Å². The zero-order chi connectivity index (χ0) is 19.6. The molecule has 1 aromatic carbocycles. The molecule has 156 valence electrons. The molecule has 0 atom stereocenters. The van der Waals surface area contributed by atoms with Gasteiger partial charge in [0.2, 0.25) is 0 Å². The first-order valence-corrected chi connectivity index (χ1v) is 9.65. The van der Waals surface area contributed by atoms with Gasteiger partial charge in [0.25, 0.3) is 0 Å². The molecule has 1 aromatic heterocycles. The van der Waals surface area contributed by atoms with Crippen molar-refractivity contribution in [3.05, 3.63) is 47.3 Å². The molecule has 0 amide bonds. The van der Waals surface area contributed by atoms with Gasteiger partial charge in [-0.25, -0.2) is 0 Å². The third-order valence-electron chi connectivity index (χ3n) is 4.13. The zero-order valence-electron chi connectivity index (χ0n) is 17.7. The third-order valence-corrected chi connectivity index (χ3v) is 4.13. The van der Waals surface area contributed by atoms with Crippen molar-refractivity contribution in [3.63, 3.8) is 0 Å². The summed E-state index contributed by atoms with van der Waals surface area (Å²) in [5.74, 6) is 2.25. The highest BCUT2D eigenvalue weighted by Gasteiger charge is 2.02. The molecule has 2 N–H and O–H groups in total. The number of halogens is 1. The van der Waals surface area contributed by atoms with Gasteiger partial charge in [0.05, 0.1) is 12.3 Å². The highest BCUT2D eigenvalue weighted by molar-refractivity contribution is 14.0. The van der Waals surface area contributed by atoms with Crippen LogP contribution in [0.3, 0.4) is 0 Å². The molecule has 0 saturated heterocycles. The normalized spacial score (nSPS) is 11.3. The van der Waals surface area contributed by atoms with Gasteiger partial charge < -0.3 is 15.4 Å². The number of aryl methyl sites for hydroxylation is 3. The van der Waals surface area contributed by atoms with Gasteiger partial charge in [-0.05, 0) is 49.9 Å². The lowest BCUT2D eigenvalue weighted by Gasteiger charge is -2.13. The van der Waals surface area contributed by atoms with Crippen molar-refractivity contribution in [2.24, 2.45) is 10.9 Å². The molecule has 0 saturated carbocycles. The highest BCUT2D eigenvalue weighted by Crippen LogP contribution is 2.13. The molecule has 0 aliphatic carbocycles. The Hall–Kier alpha value is -1.77. The lowest BCUT2D eigenvalue weighted by molar-refractivity contribution is 0.271. The second kappa shape index (κ2) is 12.6. The number of nitrogens with zero attached hydrogens (tertiary/aromatic N) is 3. The predicted molar refractivity (Wildman–Crippen MR) is 127 cm³/mol. The van der Waals surface area contributed by atoms with E-state index in [1.54, 1.807) is 7.05 Å². The van der Waals surface area contributed by atoms with Gasteiger partial charge in [0.1, 0.15) is 5.75 Å². The third kappa shape index (κ3) is 8.50. The van der Waals surface area contributed by atoms with E-state index < -0.39 is 0 Å². The Balaban J connectivity index is 0.00000392. The molecular formula is C21H34IN5O. The molecule has 28 heavy (non-hydrogen) atoms. The van der Waals surface area contributed by atoms with Crippen LogP contribution in [0.15, 0.2) is 35.3 Å². The smallest absolute Gasteiger partial charge is 0.191 e. The summed E-state index contributed by atoms with van der Waals surface area (Å²) in [6, 6.07) is 10.3. The van der Waals surface area contributed by atoms with E-state index in [0.717, 1.165) is 50.1 Å². The Morgan fingerprint density at radius 2 is 1.89 bits per heavy atom. The Kier molecular flexibility index (Phi) is 11.0. The summed E-state index contributed by atoms with van der Waals surface area (Å²) < 4.78 is 7.77. The van der Waals surface area contributed by atoms with Crippen LogP contribution < -0.4 is 15.4 Å². The molecule has 0 fully saturated rings. The first-order valence-electron chi connectivity index (χ1n) is 9.65. The summed E-state index contributed by atoms with van der Waals surface area (Å²) >= 11 is 0. The number of aliphatic imine (C=N–C) groups is 1. The molecule has 0 spiro atoms. The summed E-state index contributed by atoms with van der Waals surface area (Å²) in [6.45, 7) is 11.6. The molecule has 7 heteroatoms. The summed E-state index contributed by atoms with van der Waals surface area (Å²) in [7, 11) is 1.79. The van der Waals surface area contributed by atoms with Gasteiger partial charge in [-0.3, -0.25) is 9.67 Å². The average Bonchev–Trinajstić information content (AvgIpc) is 2.97. The number of rotatable bonds is 9. The number of hydrogen-bond acceptors (Lipinski definition) is 3. The maximum atomic E-state index is 5.72. The highest BCUT2D eigenvalue weighted by atomic mass is 127. The maximum Gasteiger partial charge on any atom is 0.191 e. The van der Waals surface area contributed by atoms with E-state index in [0.29, 0.717) is 5.92 Å². The van der Waals surface area contributed by atoms with E-state index in [2.05, 4.69) is 64.4 Å². The summed E-state index contributed by atoms with van der Waals surface area (Å²) in [5, 5.41) is 11.2. The topological polar surface area (TPSA) is 63.5 Å². The quantitative estimate of drug-likeness (QED) is 0.238. The van der Waals surface area contributed by atoms with Gasteiger partial charge >= 0.3 is 0 Å². The van der Waals surface area contributed by atoms with Crippen LogP contribution in [-0.2, 0) is 13.1 Å². The van der Waals surface area contributed by atoms with Crippen molar-refractivity contribution in [2.75, 3.05) is 20.2 Å². The van der Waals surface area contributed by atoms with Crippen molar-refractivity contribution >= 4 is 29.9 Å². The average molecular weight is 499 g/mol. The Morgan fingerprint density at radius 3 is 2.46 bits per heavy atom. The molecule has 2 aromatic rings. The fourth-order valence-corrected chi connectivity index (χ4v) is 2.71. The molecule has 6 nitrogen and oxygen atoms in total. The standard InChI is InChI=1S/C21H33N5O.HI/c1-16(2)15-27-20-9-7-19(8-10-20)14-24-21(22-5)23-11-6-12-26-18(4)13-17(3)25-26;/h7-10,13,16H,6,11-12,14-15H2,1-5H3,(H2,22,23,24);1H. The number of aromatic nitrogens is 2. The molecule has 0 aliphatic heterocycles. The molecule has 0 aliphatic rings. The fraction of sp³-hybridized carbons (Fsp3) is 0.524. The number of benzene rings is 1. The van der Waals surface area contributed by atoms with Crippen molar-refractivity contribution in [1.29, 1.82) is 0 Å². The van der Waals surface area contributed by atoms with Crippen LogP contribution in [0.5, 0.6) is 5.75 Å². The predicted octanol–water partition coefficient (Wildman–Crippen LogP) is 3.91. The number of ether oxygens (including phenoxy) is 1. The first kappa shape index (κ1) is 24.3. The monoisotopic (exact) mass is 499 g/mol. The Morgan fingerprint density at radius 1 is 1.18 bits per heavy atom. The molecular weight excluding hydrogens is 465 g/mol. The van der Waals surface area contributed by atoms with Crippen molar-refractivity contribution in [3.8, 4) is 5.75 Å². The van der Waals surface area contributed by atoms with Crippen LogP contribution in [0.1, 0.15) is 37.2 Å². The van der Waals surface area contributed by atoms with Gasteiger partial charge in [-0.2, -0.15) is 5.10 Å². The summed E-state index contributed by atoms with van der Waals surface area (Å²) in [4.78, 5) is 4.28. The largest absolute Gasteiger partial charge is 0.493 e. The zero-order valence-corrected chi connectivity index (χ0v) is 20.0. The first-order chi connectivity index (χ1) is 13.0. The van der Waals surface area contributed by atoms with E-state index in [1.165, 1.54) is 11.3 Å². The van der Waals surface area contributed by atoms with E-state index in [4.69, 9.17) is 4.74 Å². The van der Waals surface area contributed by atoms with Crippen molar-refractivity contribution in [2.45, 2.75) is 47.2 Å². The minimum absolute atomic E-state index is 0. The molecule has 0 radical (unpaired) electrons. The van der Waals surface area contributed by atoms with Crippen molar-refractivity contribution in [1.82, 2.24) is 20.4 Å². The molecule has 2 rings (SSSR count). The lowest BCUT2D eigenvalue weighted by Crippen LogP contribution is -2.37. The van der Waals surface area contributed by atoms with Crippen LogP contribution in [-0.4, -0.2) is 35.9 Å². The number of guanidine groups is 1. The van der Waals surface area contributed by atoms with Gasteiger partial charge in [0, 0.05) is 32.4 Å². The van der Waals surface area contributed by atoms with Crippen LogP contribution in [0, 0.1) is 19.8 Å². The van der Waals surface area contributed by atoms with Crippen LogP contribution in [0.4, 0.5) is 0 Å². The van der Waals surface area contributed by atoms with E-state index in [1.807, 2.05) is 19.1 Å². The minimum Gasteiger partial charge on any atom is -0.493 e.